The second kappa shape index (κ2) is 6.86. The molecule has 0 heterocycles. The first-order valence-electron chi connectivity index (χ1n) is 8.13. The van der Waals surface area contributed by atoms with Crippen molar-refractivity contribution in [2.45, 2.75) is 24.7 Å². The number of carbonyl (C=O) groups is 1. The zero-order valence-electron chi connectivity index (χ0n) is 14.3. The van der Waals surface area contributed by atoms with E-state index in [0.29, 0.717) is 11.5 Å². The monoisotopic (exact) mass is 336 g/mol. The first kappa shape index (κ1) is 16.8. The van der Waals surface area contributed by atoms with Crippen LogP contribution in [0, 0.1) is 11.3 Å². The summed E-state index contributed by atoms with van der Waals surface area (Å²) < 4.78 is 10.5. The highest BCUT2D eigenvalue weighted by molar-refractivity contribution is 5.92. The van der Waals surface area contributed by atoms with Crippen LogP contribution in [0.3, 0.4) is 0 Å². The van der Waals surface area contributed by atoms with E-state index in [9.17, 15) is 10.1 Å². The van der Waals surface area contributed by atoms with Crippen molar-refractivity contribution in [3.05, 3.63) is 53.6 Å². The van der Waals surface area contributed by atoms with Gasteiger partial charge in [-0.3, -0.25) is 4.79 Å². The Bertz CT molecular complexity index is 818. The third-order valence-electron chi connectivity index (χ3n) is 4.50. The number of methoxy groups -OCH3 is 2. The Hall–Kier alpha value is -3.00. The van der Waals surface area contributed by atoms with Crippen LogP contribution in [0.5, 0.6) is 11.5 Å². The molecule has 1 fully saturated rings. The van der Waals surface area contributed by atoms with Gasteiger partial charge in [0, 0.05) is 5.69 Å². The van der Waals surface area contributed by atoms with Gasteiger partial charge in [0.15, 0.2) is 11.5 Å². The molecule has 1 amide bonds. The van der Waals surface area contributed by atoms with E-state index < -0.39 is 0 Å². The molecule has 128 valence electrons. The lowest BCUT2D eigenvalue weighted by Crippen LogP contribution is -2.14. The lowest BCUT2D eigenvalue weighted by atomic mass is 9.98. The van der Waals surface area contributed by atoms with Crippen LogP contribution in [0.15, 0.2) is 42.5 Å². The van der Waals surface area contributed by atoms with E-state index >= 15 is 0 Å². The van der Waals surface area contributed by atoms with Gasteiger partial charge in [0.1, 0.15) is 0 Å². The number of hydrogen-bond acceptors (Lipinski definition) is 4. The molecule has 3 rings (SSSR count). The summed E-state index contributed by atoms with van der Waals surface area (Å²) in [6.07, 6.45) is 2.06. The summed E-state index contributed by atoms with van der Waals surface area (Å²) >= 11 is 0. The lowest BCUT2D eigenvalue weighted by molar-refractivity contribution is -0.115. The fourth-order valence-electron chi connectivity index (χ4n) is 2.84. The summed E-state index contributed by atoms with van der Waals surface area (Å²) in [5.41, 5.74) is 2.28. The van der Waals surface area contributed by atoms with Crippen LogP contribution in [-0.2, 0) is 16.6 Å². The second-order valence-corrected chi connectivity index (χ2v) is 6.19. The number of nitrogens with zero attached hydrogens (tertiary/aromatic N) is 1. The Labute approximate surface area is 147 Å². The van der Waals surface area contributed by atoms with Crippen LogP contribution in [0.4, 0.5) is 5.69 Å². The Morgan fingerprint density at radius 2 is 1.80 bits per heavy atom. The number of ether oxygens (including phenoxy) is 2. The minimum absolute atomic E-state index is 0.110. The van der Waals surface area contributed by atoms with Crippen LogP contribution in [0.25, 0.3) is 0 Å². The summed E-state index contributed by atoms with van der Waals surface area (Å²) in [6, 6.07) is 15.3. The first-order valence-corrected chi connectivity index (χ1v) is 8.13. The van der Waals surface area contributed by atoms with Crippen molar-refractivity contribution in [2.24, 2.45) is 0 Å². The molecule has 1 aliphatic rings. The van der Waals surface area contributed by atoms with Gasteiger partial charge in [-0.15, -0.1) is 0 Å². The Morgan fingerprint density at radius 3 is 2.36 bits per heavy atom. The molecule has 0 unspecified atom stereocenters. The van der Waals surface area contributed by atoms with Gasteiger partial charge < -0.3 is 14.8 Å². The molecular formula is C20H20N2O3. The van der Waals surface area contributed by atoms with E-state index in [0.717, 1.165) is 29.7 Å². The number of amides is 1. The van der Waals surface area contributed by atoms with Crippen LogP contribution < -0.4 is 14.8 Å². The second-order valence-electron chi connectivity index (χ2n) is 6.19. The number of benzene rings is 2. The fraction of sp³-hybridized carbons (Fsp3) is 0.300. The maximum Gasteiger partial charge on any atom is 0.228 e. The SMILES string of the molecule is COc1ccc(CC(=O)Nc2ccc(C3(C#N)CC3)cc2)cc1OC. The molecule has 2 aromatic carbocycles. The van der Waals surface area contributed by atoms with Gasteiger partial charge in [0.2, 0.25) is 5.91 Å². The molecule has 0 saturated heterocycles. The first-order chi connectivity index (χ1) is 12.1. The fourth-order valence-corrected chi connectivity index (χ4v) is 2.84. The molecule has 5 heteroatoms. The van der Waals surface area contributed by atoms with Gasteiger partial charge >= 0.3 is 0 Å². The molecule has 0 radical (unpaired) electrons. The minimum atomic E-state index is -0.303. The molecule has 25 heavy (non-hydrogen) atoms. The molecule has 1 saturated carbocycles. The van der Waals surface area contributed by atoms with Crippen LogP contribution in [0.1, 0.15) is 24.0 Å². The third kappa shape index (κ3) is 3.58. The predicted molar refractivity (Wildman–Crippen MR) is 94.8 cm³/mol. The summed E-state index contributed by atoms with van der Waals surface area (Å²) in [7, 11) is 3.14. The molecule has 1 aliphatic carbocycles. The summed E-state index contributed by atoms with van der Waals surface area (Å²) in [5, 5.41) is 12.1. The average molecular weight is 336 g/mol. The predicted octanol–water partition coefficient (Wildman–Crippen LogP) is 3.44. The van der Waals surface area contributed by atoms with E-state index in [1.54, 1.807) is 26.4 Å². The number of hydrogen-bond donors (Lipinski definition) is 1. The quantitative estimate of drug-likeness (QED) is 0.877. The standard InChI is InChI=1S/C20H20N2O3/c1-24-17-8-3-14(11-18(17)25-2)12-19(23)22-16-6-4-15(5-7-16)20(13-21)9-10-20/h3-8,11H,9-10,12H2,1-2H3,(H,22,23). The van der Waals surface area contributed by atoms with E-state index in [1.807, 2.05) is 30.3 Å². The molecule has 0 spiro atoms. The zero-order chi connectivity index (χ0) is 17.9. The summed E-state index contributed by atoms with van der Waals surface area (Å²) in [5.74, 6) is 1.12. The van der Waals surface area contributed by atoms with Gasteiger partial charge in [-0.25, -0.2) is 0 Å². The van der Waals surface area contributed by atoms with Gasteiger partial charge in [0.05, 0.1) is 32.1 Å². The van der Waals surface area contributed by atoms with E-state index in [2.05, 4.69) is 11.4 Å². The number of anilines is 1. The van der Waals surface area contributed by atoms with Gasteiger partial charge in [-0.05, 0) is 48.2 Å². The minimum Gasteiger partial charge on any atom is -0.493 e. The molecule has 0 aromatic heterocycles. The van der Waals surface area contributed by atoms with Crippen molar-refractivity contribution < 1.29 is 14.3 Å². The van der Waals surface area contributed by atoms with Crippen molar-refractivity contribution in [3.63, 3.8) is 0 Å². The maximum absolute atomic E-state index is 12.3. The number of carbonyl (C=O) groups excluding carboxylic acids is 1. The molecular weight excluding hydrogens is 316 g/mol. The number of rotatable bonds is 6. The van der Waals surface area contributed by atoms with Crippen LogP contribution in [-0.4, -0.2) is 20.1 Å². The smallest absolute Gasteiger partial charge is 0.228 e. The van der Waals surface area contributed by atoms with Gasteiger partial charge in [0.25, 0.3) is 0 Å². The van der Waals surface area contributed by atoms with E-state index in [4.69, 9.17) is 9.47 Å². The Morgan fingerprint density at radius 1 is 1.12 bits per heavy atom. The van der Waals surface area contributed by atoms with Crippen LogP contribution in [0.2, 0.25) is 0 Å². The van der Waals surface area contributed by atoms with Crippen LogP contribution >= 0.6 is 0 Å². The largest absolute Gasteiger partial charge is 0.493 e. The highest BCUT2D eigenvalue weighted by atomic mass is 16.5. The van der Waals surface area contributed by atoms with Crippen molar-refractivity contribution >= 4 is 11.6 Å². The van der Waals surface area contributed by atoms with Crippen molar-refractivity contribution in [2.75, 3.05) is 19.5 Å². The highest BCUT2D eigenvalue weighted by Crippen LogP contribution is 2.47. The Balaban J connectivity index is 1.64. The average Bonchev–Trinajstić information content (AvgIpc) is 3.43. The maximum atomic E-state index is 12.3. The van der Waals surface area contributed by atoms with Crippen molar-refractivity contribution in [1.29, 1.82) is 5.26 Å². The van der Waals surface area contributed by atoms with Crippen molar-refractivity contribution in [3.8, 4) is 17.6 Å². The Kier molecular flexibility index (Phi) is 4.62. The lowest BCUT2D eigenvalue weighted by Gasteiger charge is -2.11. The topological polar surface area (TPSA) is 71.3 Å². The molecule has 0 aliphatic heterocycles. The van der Waals surface area contributed by atoms with Gasteiger partial charge in [-0.2, -0.15) is 5.26 Å². The molecule has 1 N–H and O–H groups in total. The molecule has 0 atom stereocenters. The molecule has 2 aromatic rings. The molecule has 5 nitrogen and oxygen atoms in total. The van der Waals surface area contributed by atoms with Gasteiger partial charge in [-0.1, -0.05) is 18.2 Å². The molecule has 0 bridgehead atoms. The zero-order valence-corrected chi connectivity index (χ0v) is 14.3. The van der Waals surface area contributed by atoms with Crippen molar-refractivity contribution in [1.82, 2.24) is 0 Å². The summed E-state index contributed by atoms with van der Waals surface area (Å²) in [6.45, 7) is 0. The third-order valence-corrected chi connectivity index (χ3v) is 4.50. The number of nitriles is 1. The number of nitrogens with one attached hydrogen (secondary N) is 1. The highest BCUT2D eigenvalue weighted by Gasteiger charge is 2.44. The normalized spacial score (nSPS) is 14.3. The summed E-state index contributed by atoms with van der Waals surface area (Å²) in [4.78, 5) is 12.3. The van der Waals surface area contributed by atoms with E-state index in [-0.39, 0.29) is 17.7 Å². The van der Waals surface area contributed by atoms with E-state index in [1.165, 1.54) is 0 Å².